The van der Waals surface area contributed by atoms with E-state index in [0.29, 0.717) is 5.52 Å². The van der Waals surface area contributed by atoms with E-state index in [9.17, 15) is 4.79 Å². The molecule has 0 fully saturated rings. The predicted octanol–water partition coefficient (Wildman–Crippen LogP) is 2.18. The summed E-state index contributed by atoms with van der Waals surface area (Å²) in [6.07, 6.45) is 0. The van der Waals surface area contributed by atoms with Crippen LogP contribution in [0.2, 0.25) is 0 Å². The topological polar surface area (TPSA) is 68.0 Å². The zero-order chi connectivity index (χ0) is 12.6. The number of aromatic nitrogens is 3. The number of carboxylic acid groups (broad SMARTS) is 1. The summed E-state index contributed by atoms with van der Waals surface area (Å²) in [5.74, 6) is -0.947. The monoisotopic (exact) mass is 233 g/mol. The smallest absolute Gasteiger partial charge is 0.335 e. The summed E-state index contributed by atoms with van der Waals surface area (Å²) >= 11 is 0. The number of hydrogen-bond donors (Lipinski definition) is 1. The summed E-state index contributed by atoms with van der Waals surface area (Å²) in [5, 5.41) is 16.9. The molecule has 2 aromatic rings. The van der Waals surface area contributed by atoms with E-state index in [1.54, 1.807) is 22.9 Å². The first-order chi connectivity index (χ1) is 7.87. The first-order valence-corrected chi connectivity index (χ1v) is 5.43. The maximum atomic E-state index is 10.8. The molecule has 0 atom stereocenters. The van der Waals surface area contributed by atoms with Gasteiger partial charge in [-0.1, -0.05) is 26.0 Å². The van der Waals surface area contributed by atoms with E-state index in [2.05, 4.69) is 31.1 Å². The molecular weight excluding hydrogens is 218 g/mol. The number of carboxylic acids is 1. The number of hydrogen-bond acceptors (Lipinski definition) is 3. The Bertz CT molecular complexity index is 567. The molecule has 0 aliphatic rings. The Labute approximate surface area is 99.1 Å². The summed E-state index contributed by atoms with van der Waals surface area (Å²) in [7, 11) is 0. The molecule has 5 nitrogen and oxygen atoms in total. The number of benzene rings is 1. The Morgan fingerprint density at radius 2 is 2.12 bits per heavy atom. The van der Waals surface area contributed by atoms with E-state index in [1.807, 2.05) is 0 Å². The van der Waals surface area contributed by atoms with Crippen LogP contribution in [0.25, 0.3) is 11.0 Å². The minimum absolute atomic E-state index is 0.103. The molecule has 1 heterocycles. The lowest BCUT2D eigenvalue weighted by Crippen LogP contribution is -2.16. The molecule has 17 heavy (non-hydrogen) atoms. The standard InChI is InChI=1S/C12H15N3O2/c1-12(2,3)7-15-10-5-4-8(11(16)17)6-9(10)13-14-15/h4-6H,7H2,1-3H3,(H,16,17). The van der Waals surface area contributed by atoms with E-state index < -0.39 is 5.97 Å². The number of aromatic carboxylic acids is 1. The molecule has 0 bridgehead atoms. The number of carbonyl (C=O) groups is 1. The molecule has 2 rings (SSSR count). The maximum Gasteiger partial charge on any atom is 0.335 e. The van der Waals surface area contributed by atoms with Gasteiger partial charge in [0.2, 0.25) is 0 Å². The molecule has 5 heteroatoms. The van der Waals surface area contributed by atoms with Gasteiger partial charge in [-0.25, -0.2) is 9.48 Å². The van der Waals surface area contributed by atoms with Gasteiger partial charge in [0.25, 0.3) is 0 Å². The van der Waals surface area contributed by atoms with Gasteiger partial charge in [0.05, 0.1) is 11.1 Å². The SMILES string of the molecule is CC(C)(C)Cn1nnc2cc(C(=O)O)ccc21. The molecule has 0 aliphatic carbocycles. The van der Waals surface area contributed by atoms with Gasteiger partial charge < -0.3 is 5.11 Å². The number of rotatable bonds is 2. The average Bonchev–Trinajstić information content (AvgIpc) is 2.58. The Balaban J connectivity index is 2.45. The lowest BCUT2D eigenvalue weighted by Gasteiger charge is -2.17. The minimum Gasteiger partial charge on any atom is -0.478 e. The molecule has 0 saturated carbocycles. The van der Waals surface area contributed by atoms with Crippen molar-refractivity contribution < 1.29 is 9.90 Å². The fourth-order valence-electron chi connectivity index (χ4n) is 1.67. The van der Waals surface area contributed by atoms with E-state index >= 15 is 0 Å². The van der Waals surface area contributed by atoms with Crippen molar-refractivity contribution >= 4 is 17.0 Å². The summed E-state index contributed by atoms with van der Waals surface area (Å²) in [6.45, 7) is 7.10. The van der Waals surface area contributed by atoms with Crippen LogP contribution in [-0.4, -0.2) is 26.1 Å². The fraction of sp³-hybridized carbons (Fsp3) is 0.417. The molecule has 0 radical (unpaired) electrons. The Morgan fingerprint density at radius 1 is 1.41 bits per heavy atom. The van der Waals surface area contributed by atoms with Crippen LogP contribution in [0, 0.1) is 5.41 Å². The lowest BCUT2D eigenvalue weighted by atomic mass is 9.97. The van der Waals surface area contributed by atoms with Crippen LogP contribution in [0.4, 0.5) is 0 Å². The molecule has 1 N–H and O–H groups in total. The Hall–Kier alpha value is -1.91. The van der Waals surface area contributed by atoms with Gasteiger partial charge in [-0.05, 0) is 23.6 Å². The van der Waals surface area contributed by atoms with E-state index in [-0.39, 0.29) is 11.0 Å². The van der Waals surface area contributed by atoms with Gasteiger partial charge in [-0.3, -0.25) is 0 Å². The van der Waals surface area contributed by atoms with Crippen LogP contribution in [-0.2, 0) is 6.54 Å². The first-order valence-electron chi connectivity index (χ1n) is 5.43. The van der Waals surface area contributed by atoms with Gasteiger partial charge in [-0.15, -0.1) is 5.10 Å². The summed E-state index contributed by atoms with van der Waals surface area (Å²) in [6, 6.07) is 4.88. The van der Waals surface area contributed by atoms with Crippen LogP contribution in [0.1, 0.15) is 31.1 Å². The van der Waals surface area contributed by atoms with E-state index in [0.717, 1.165) is 12.1 Å². The molecule has 0 saturated heterocycles. The molecule has 1 aromatic carbocycles. The highest BCUT2D eigenvalue weighted by atomic mass is 16.4. The number of fused-ring (bicyclic) bond motifs is 1. The zero-order valence-electron chi connectivity index (χ0n) is 10.1. The van der Waals surface area contributed by atoms with Gasteiger partial charge in [0.15, 0.2) is 0 Å². The van der Waals surface area contributed by atoms with Gasteiger partial charge >= 0.3 is 5.97 Å². The molecule has 90 valence electrons. The summed E-state index contributed by atoms with van der Waals surface area (Å²) in [4.78, 5) is 10.8. The third-order valence-electron chi connectivity index (χ3n) is 2.38. The highest BCUT2D eigenvalue weighted by molar-refractivity contribution is 5.92. The van der Waals surface area contributed by atoms with Gasteiger partial charge in [-0.2, -0.15) is 0 Å². The second-order valence-electron chi connectivity index (χ2n) is 5.32. The van der Waals surface area contributed by atoms with Crippen molar-refractivity contribution in [2.75, 3.05) is 0 Å². The molecule has 1 aromatic heterocycles. The normalized spacial score (nSPS) is 11.9. The third-order valence-corrected chi connectivity index (χ3v) is 2.38. The molecule has 0 unspecified atom stereocenters. The van der Waals surface area contributed by atoms with Crippen molar-refractivity contribution in [3.63, 3.8) is 0 Å². The third kappa shape index (κ3) is 2.43. The lowest BCUT2D eigenvalue weighted by molar-refractivity contribution is 0.0697. The highest BCUT2D eigenvalue weighted by Gasteiger charge is 2.15. The number of nitrogens with zero attached hydrogens (tertiary/aromatic N) is 3. The minimum atomic E-state index is -0.947. The van der Waals surface area contributed by atoms with Crippen LogP contribution in [0.15, 0.2) is 18.2 Å². The largest absolute Gasteiger partial charge is 0.478 e. The van der Waals surface area contributed by atoms with Gasteiger partial charge in [0, 0.05) is 6.54 Å². The average molecular weight is 233 g/mol. The summed E-state index contributed by atoms with van der Waals surface area (Å²) < 4.78 is 1.81. The highest BCUT2D eigenvalue weighted by Crippen LogP contribution is 2.20. The molecule has 0 aliphatic heterocycles. The van der Waals surface area contributed by atoms with Gasteiger partial charge in [0.1, 0.15) is 5.52 Å². The fourth-order valence-corrected chi connectivity index (χ4v) is 1.67. The molecular formula is C12H15N3O2. The van der Waals surface area contributed by atoms with Crippen molar-refractivity contribution in [1.29, 1.82) is 0 Å². The van der Waals surface area contributed by atoms with Crippen molar-refractivity contribution in [3.8, 4) is 0 Å². The van der Waals surface area contributed by atoms with Crippen LogP contribution in [0.3, 0.4) is 0 Å². The van der Waals surface area contributed by atoms with Crippen molar-refractivity contribution in [2.45, 2.75) is 27.3 Å². The van der Waals surface area contributed by atoms with Crippen LogP contribution < -0.4 is 0 Å². The Morgan fingerprint density at radius 3 is 2.71 bits per heavy atom. The van der Waals surface area contributed by atoms with Crippen molar-refractivity contribution in [3.05, 3.63) is 23.8 Å². The van der Waals surface area contributed by atoms with Crippen LogP contribution in [0.5, 0.6) is 0 Å². The first kappa shape index (κ1) is 11.6. The van der Waals surface area contributed by atoms with E-state index in [4.69, 9.17) is 5.11 Å². The second-order valence-corrected chi connectivity index (χ2v) is 5.32. The second kappa shape index (κ2) is 3.84. The maximum absolute atomic E-state index is 10.8. The molecule has 0 spiro atoms. The quantitative estimate of drug-likeness (QED) is 0.863. The summed E-state index contributed by atoms with van der Waals surface area (Å²) in [5.41, 5.74) is 1.82. The van der Waals surface area contributed by atoms with Crippen molar-refractivity contribution in [2.24, 2.45) is 5.41 Å². The predicted molar refractivity (Wildman–Crippen MR) is 63.9 cm³/mol. The van der Waals surface area contributed by atoms with Crippen molar-refractivity contribution in [1.82, 2.24) is 15.0 Å². The Kier molecular flexibility index (Phi) is 2.61. The molecule has 0 amide bonds. The zero-order valence-corrected chi connectivity index (χ0v) is 10.1. The van der Waals surface area contributed by atoms with E-state index in [1.165, 1.54) is 0 Å². The van der Waals surface area contributed by atoms with Crippen LogP contribution >= 0.6 is 0 Å².